The van der Waals surface area contributed by atoms with Crippen LogP contribution in [-0.2, 0) is 0 Å². The van der Waals surface area contributed by atoms with E-state index in [0.29, 0.717) is 12.0 Å². The maximum Gasteiger partial charge on any atom is 0.120 e. The van der Waals surface area contributed by atoms with E-state index in [1.54, 1.807) is 7.11 Å². The van der Waals surface area contributed by atoms with E-state index in [4.69, 9.17) is 4.74 Å². The lowest BCUT2D eigenvalue weighted by atomic mass is 9.97. The lowest BCUT2D eigenvalue weighted by molar-refractivity contribution is 0.415. The lowest BCUT2D eigenvalue weighted by Crippen LogP contribution is -2.13. The molecule has 106 valence electrons. The van der Waals surface area contributed by atoms with Gasteiger partial charge in [-0.05, 0) is 30.0 Å². The quantitative estimate of drug-likeness (QED) is 0.805. The van der Waals surface area contributed by atoms with Gasteiger partial charge < -0.3 is 10.1 Å². The Morgan fingerprint density at radius 3 is 2.40 bits per heavy atom. The molecule has 0 bridgehead atoms. The Balaban J connectivity index is 2.19. The van der Waals surface area contributed by atoms with Gasteiger partial charge in [-0.25, -0.2) is 0 Å². The third kappa shape index (κ3) is 4.02. The normalized spacial score (nSPS) is 12.2. The Labute approximate surface area is 121 Å². The molecule has 1 atom stereocenters. The maximum absolute atomic E-state index is 5.28. The second-order valence-electron chi connectivity index (χ2n) is 5.47. The van der Waals surface area contributed by atoms with Crippen molar-refractivity contribution in [2.24, 2.45) is 5.92 Å². The number of nitrogens with one attached hydrogen (secondary N) is 1. The lowest BCUT2D eigenvalue weighted by Gasteiger charge is -2.22. The smallest absolute Gasteiger partial charge is 0.120 e. The summed E-state index contributed by atoms with van der Waals surface area (Å²) in [4.78, 5) is 0. The molecule has 0 aliphatic rings. The van der Waals surface area contributed by atoms with Crippen molar-refractivity contribution in [3.63, 3.8) is 0 Å². The first-order chi connectivity index (χ1) is 9.69. The SMILES string of the molecule is COc1cccc(NC(CC(C)C)c2ccccc2)c1. The molecule has 0 aliphatic heterocycles. The van der Waals surface area contributed by atoms with Gasteiger partial charge in [0.05, 0.1) is 13.2 Å². The Kier molecular flexibility index (Phi) is 5.05. The standard InChI is InChI=1S/C18H23NO/c1-14(2)12-18(15-8-5-4-6-9-15)19-16-10-7-11-17(13-16)20-3/h4-11,13-14,18-19H,12H2,1-3H3. The van der Waals surface area contributed by atoms with E-state index >= 15 is 0 Å². The van der Waals surface area contributed by atoms with E-state index in [1.165, 1.54) is 5.56 Å². The molecule has 2 heteroatoms. The number of ether oxygens (including phenoxy) is 1. The van der Waals surface area contributed by atoms with E-state index in [-0.39, 0.29) is 0 Å². The minimum Gasteiger partial charge on any atom is -0.497 e. The average Bonchev–Trinajstić information content (AvgIpc) is 2.47. The van der Waals surface area contributed by atoms with E-state index in [1.807, 2.05) is 18.2 Å². The van der Waals surface area contributed by atoms with Gasteiger partial charge in [-0.3, -0.25) is 0 Å². The number of hydrogen-bond acceptors (Lipinski definition) is 2. The Morgan fingerprint density at radius 1 is 1.00 bits per heavy atom. The zero-order valence-corrected chi connectivity index (χ0v) is 12.5. The van der Waals surface area contributed by atoms with Crippen LogP contribution < -0.4 is 10.1 Å². The van der Waals surface area contributed by atoms with Crippen LogP contribution in [0.1, 0.15) is 31.9 Å². The molecule has 2 rings (SSSR count). The minimum absolute atomic E-state index is 0.323. The van der Waals surface area contributed by atoms with E-state index < -0.39 is 0 Å². The number of methoxy groups -OCH3 is 1. The van der Waals surface area contributed by atoms with Gasteiger partial charge in [0, 0.05) is 11.8 Å². The number of benzene rings is 2. The van der Waals surface area contributed by atoms with Gasteiger partial charge in [0.1, 0.15) is 5.75 Å². The Bertz CT molecular complexity index is 522. The fourth-order valence-corrected chi connectivity index (χ4v) is 2.35. The van der Waals surface area contributed by atoms with Crippen LogP contribution in [0.2, 0.25) is 0 Å². The fraction of sp³-hybridized carbons (Fsp3) is 0.333. The average molecular weight is 269 g/mol. The molecule has 0 amide bonds. The van der Waals surface area contributed by atoms with Gasteiger partial charge in [-0.15, -0.1) is 0 Å². The van der Waals surface area contributed by atoms with Gasteiger partial charge in [-0.1, -0.05) is 50.2 Å². The van der Waals surface area contributed by atoms with Crippen molar-refractivity contribution >= 4 is 5.69 Å². The fourth-order valence-electron chi connectivity index (χ4n) is 2.35. The molecule has 0 aliphatic carbocycles. The predicted octanol–water partition coefficient (Wildman–Crippen LogP) is 4.89. The summed E-state index contributed by atoms with van der Waals surface area (Å²) >= 11 is 0. The molecule has 0 aromatic heterocycles. The van der Waals surface area contributed by atoms with Gasteiger partial charge in [0.15, 0.2) is 0 Å². The molecule has 2 aromatic rings. The van der Waals surface area contributed by atoms with E-state index in [0.717, 1.165) is 17.9 Å². The summed E-state index contributed by atoms with van der Waals surface area (Å²) in [6.07, 6.45) is 1.10. The number of rotatable bonds is 6. The molecular weight excluding hydrogens is 246 g/mol. The zero-order chi connectivity index (χ0) is 14.4. The third-order valence-corrected chi connectivity index (χ3v) is 3.32. The topological polar surface area (TPSA) is 21.3 Å². The van der Waals surface area contributed by atoms with Gasteiger partial charge in [-0.2, -0.15) is 0 Å². The molecule has 0 spiro atoms. The third-order valence-electron chi connectivity index (χ3n) is 3.32. The molecule has 0 saturated carbocycles. The Hall–Kier alpha value is -1.96. The molecular formula is C18H23NO. The van der Waals surface area contributed by atoms with Crippen molar-refractivity contribution in [3.05, 3.63) is 60.2 Å². The van der Waals surface area contributed by atoms with Crippen molar-refractivity contribution in [1.29, 1.82) is 0 Å². The molecule has 2 nitrogen and oxygen atoms in total. The van der Waals surface area contributed by atoms with Gasteiger partial charge in [0.2, 0.25) is 0 Å². The summed E-state index contributed by atoms with van der Waals surface area (Å²) < 4.78 is 5.28. The zero-order valence-electron chi connectivity index (χ0n) is 12.5. The second kappa shape index (κ2) is 6.99. The van der Waals surface area contributed by atoms with Crippen LogP contribution >= 0.6 is 0 Å². The summed E-state index contributed by atoms with van der Waals surface area (Å²) in [5.74, 6) is 1.52. The molecule has 0 radical (unpaired) electrons. The monoisotopic (exact) mass is 269 g/mol. The Morgan fingerprint density at radius 2 is 1.75 bits per heavy atom. The highest BCUT2D eigenvalue weighted by molar-refractivity contribution is 5.50. The molecule has 2 aromatic carbocycles. The highest BCUT2D eigenvalue weighted by Gasteiger charge is 2.13. The summed E-state index contributed by atoms with van der Waals surface area (Å²) in [6, 6.07) is 19.0. The van der Waals surface area contributed by atoms with Gasteiger partial charge in [0.25, 0.3) is 0 Å². The van der Waals surface area contributed by atoms with Crippen molar-refractivity contribution in [3.8, 4) is 5.75 Å². The van der Waals surface area contributed by atoms with Crippen LogP contribution in [0.5, 0.6) is 5.75 Å². The highest BCUT2D eigenvalue weighted by atomic mass is 16.5. The molecule has 1 unspecified atom stereocenters. The molecule has 1 N–H and O–H groups in total. The van der Waals surface area contributed by atoms with Crippen LogP contribution in [0.4, 0.5) is 5.69 Å². The number of hydrogen-bond donors (Lipinski definition) is 1. The predicted molar refractivity (Wildman–Crippen MR) is 85.3 cm³/mol. The molecule has 0 saturated heterocycles. The first-order valence-electron chi connectivity index (χ1n) is 7.14. The van der Waals surface area contributed by atoms with Crippen molar-refractivity contribution in [1.82, 2.24) is 0 Å². The maximum atomic E-state index is 5.28. The second-order valence-corrected chi connectivity index (χ2v) is 5.47. The summed E-state index contributed by atoms with van der Waals surface area (Å²) in [7, 11) is 1.70. The summed E-state index contributed by atoms with van der Waals surface area (Å²) in [5.41, 5.74) is 2.42. The van der Waals surface area contributed by atoms with E-state index in [2.05, 4.69) is 55.6 Å². The summed E-state index contributed by atoms with van der Waals surface area (Å²) in [5, 5.41) is 3.62. The van der Waals surface area contributed by atoms with Crippen LogP contribution in [0.15, 0.2) is 54.6 Å². The largest absolute Gasteiger partial charge is 0.497 e. The summed E-state index contributed by atoms with van der Waals surface area (Å²) in [6.45, 7) is 4.51. The van der Waals surface area contributed by atoms with Crippen LogP contribution in [0.3, 0.4) is 0 Å². The van der Waals surface area contributed by atoms with Crippen LogP contribution in [0, 0.1) is 5.92 Å². The number of anilines is 1. The first-order valence-corrected chi connectivity index (χ1v) is 7.14. The van der Waals surface area contributed by atoms with Crippen molar-refractivity contribution in [2.45, 2.75) is 26.3 Å². The van der Waals surface area contributed by atoms with E-state index in [9.17, 15) is 0 Å². The van der Waals surface area contributed by atoms with Gasteiger partial charge >= 0.3 is 0 Å². The minimum atomic E-state index is 0.323. The van der Waals surface area contributed by atoms with Crippen molar-refractivity contribution in [2.75, 3.05) is 12.4 Å². The molecule has 0 fully saturated rings. The molecule has 20 heavy (non-hydrogen) atoms. The first kappa shape index (κ1) is 14.4. The molecule has 0 heterocycles. The highest BCUT2D eigenvalue weighted by Crippen LogP contribution is 2.27. The van der Waals surface area contributed by atoms with Crippen LogP contribution in [-0.4, -0.2) is 7.11 Å². The van der Waals surface area contributed by atoms with Crippen molar-refractivity contribution < 1.29 is 4.74 Å². The van der Waals surface area contributed by atoms with Crippen LogP contribution in [0.25, 0.3) is 0 Å².